The lowest BCUT2D eigenvalue weighted by Gasteiger charge is -2.06. The van der Waals surface area contributed by atoms with Crippen molar-refractivity contribution in [1.29, 1.82) is 0 Å². The summed E-state index contributed by atoms with van der Waals surface area (Å²) in [6.45, 7) is 2.88. The lowest BCUT2D eigenvalue weighted by atomic mass is 10.1. The second-order valence-electron chi connectivity index (χ2n) is 4.41. The van der Waals surface area contributed by atoms with E-state index in [1.807, 2.05) is 6.92 Å². The summed E-state index contributed by atoms with van der Waals surface area (Å²) in [4.78, 5) is 10.7. The summed E-state index contributed by atoms with van der Waals surface area (Å²) < 4.78 is 29.2. The second-order valence-corrected chi connectivity index (χ2v) is 6.52. The van der Waals surface area contributed by atoms with E-state index in [0.717, 1.165) is 5.56 Å². The maximum atomic E-state index is 12.0. The molecule has 20 heavy (non-hydrogen) atoms. The van der Waals surface area contributed by atoms with Crippen LogP contribution in [0.4, 0.5) is 0 Å². The largest absolute Gasteiger partial charge is 0.481 e. The molecule has 1 N–H and O–H groups in total. The first kappa shape index (κ1) is 16.7. The van der Waals surface area contributed by atoms with Crippen molar-refractivity contribution in [3.8, 4) is 0 Å². The summed E-state index contributed by atoms with van der Waals surface area (Å²) in [5.74, 6) is -0.806. The molecule has 5 nitrogen and oxygen atoms in total. The lowest BCUT2D eigenvalue weighted by molar-refractivity contribution is -0.136. The topological polar surface area (TPSA) is 80.7 Å². The van der Waals surface area contributed by atoms with Gasteiger partial charge in [-0.2, -0.15) is 0 Å². The zero-order valence-electron chi connectivity index (χ0n) is 11.5. The molecule has 0 radical (unpaired) electrons. The average molecular weight is 300 g/mol. The maximum absolute atomic E-state index is 12.0. The fraction of sp³-hybridized carbons (Fsp3) is 0.500. The van der Waals surface area contributed by atoms with Crippen LogP contribution in [0.3, 0.4) is 0 Å². The minimum absolute atomic E-state index is 0.0421. The highest BCUT2D eigenvalue weighted by Crippen LogP contribution is 2.14. The second kappa shape index (κ2) is 8.01. The van der Waals surface area contributed by atoms with E-state index in [-0.39, 0.29) is 17.1 Å². The number of hydrogen-bond acceptors (Lipinski definition) is 4. The monoisotopic (exact) mass is 300 g/mol. The quantitative estimate of drug-likeness (QED) is 0.705. The Balaban J connectivity index is 2.60. The zero-order valence-corrected chi connectivity index (χ0v) is 12.4. The van der Waals surface area contributed by atoms with Gasteiger partial charge in [-0.25, -0.2) is 8.42 Å². The minimum atomic E-state index is -3.29. The third-order valence-corrected chi connectivity index (χ3v) is 4.63. The molecule has 0 fully saturated rings. The molecule has 1 aromatic rings. The van der Waals surface area contributed by atoms with E-state index in [0.29, 0.717) is 26.1 Å². The molecule has 0 bridgehead atoms. The van der Waals surface area contributed by atoms with Gasteiger partial charge in [-0.05, 0) is 37.5 Å². The highest BCUT2D eigenvalue weighted by Gasteiger charge is 2.13. The van der Waals surface area contributed by atoms with Gasteiger partial charge in [0.25, 0.3) is 0 Å². The van der Waals surface area contributed by atoms with E-state index in [1.165, 1.54) is 12.1 Å². The Hall–Kier alpha value is -1.40. The van der Waals surface area contributed by atoms with Gasteiger partial charge in [0.2, 0.25) is 0 Å². The molecule has 0 aliphatic rings. The summed E-state index contributed by atoms with van der Waals surface area (Å²) in [6.07, 6.45) is 0.914. The number of aliphatic carboxylic acids is 1. The fourth-order valence-electron chi connectivity index (χ4n) is 1.73. The molecule has 1 rings (SSSR count). The van der Waals surface area contributed by atoms with E-state index in [1.54, 1.807) is 12.1 Å². The van der Waals surface area contributed by atoms with Crippen LogP contribution in [0.15, 0.2) is 29.2 Å². The molecule has 0 aliphatic heterocycles. The summed E-state index contributed by atoms with van der Waals surface area (Å²) in [6, 6.07) is 6.40. The number of carboxylic acids is 1. The van der Waals surface area contributed by atoms with Crippen molar-refractivity contribution in [2.75, 3.05) is 19.0 Å². The SMILES string of the molecule is CCOCCCS(=O)(=O)c1ccc(CCC(=O)O)cc1. The molecule has 0 saturated carbocycles. The molecular weight excluding hydrogens is 280 g/mol. The van der Waals surface area contributed by atoms with Crippen molar-refractivity contribution in [2.24, 2.45) is 0 Å². The smallest absolute Gasteiger partial charge is 0.303 e. The number of benzene rings is 1. The first-order chi connectivity index (χ1) is 9.45. The van der Waals surface area contributed by atoms with Gasteiger partial charge in [-0.3, -0.25) is 4.79 Å². The highest BCUT2D eigenvalue weighted by molar-refractivity contribution is 7.91. The number of sulfone groups is 1. The molecule has 0 amide bonds. The van der Waals surface area contributed by atoms with Gasteiger partial charge >= 0.3 is 5.97 Å². The van der Waals surface area contributed by atoms with Gasteiger partial charge < -0.3 is 9.84 Å². The van der Waals surface area contributed by atoms with Crippen molar-refractivity contribution in [2.45, 2.75) is 31.1 Å². The van der Waals surface area contributed by atoms with Crippen molar-refractivity contribution in [3.05, 3.63) is 29.8 Å². The van der Waals surface area contributed by atoms with Gasteiger partial charge in [0.05, 0.1) is 10.6 Å². The summed E-state index contributed by atoms with van der Waals surface area (Å²) in [7, 11) is -3.29. The number of ether oxygens (including phenoxy) is 1. The molecule has 0 atom stereocenters. The van der Waals surface area contributed by atoms with Crippen LogP contribution >= 0.6 is 0 Å². The molecular formula is C14H20O5S. The summed E-state index contributed by atoms with van der Waals surface area (Å²) in [5, 5.41) is 8.59. The Labute approximate surface area is 119 Å². The Morgan fingerprint density at radius 1 is 1.25 bits per heavy atom. The molecule has 0 saturated heterocycles. The third-order valence-electron chi connectivity index (χ3n) is 2.82. The number of carboxylic acid groups (broad SMARTS) is 1. The number of rotatable bonds is 9. The Kier molecular flexibility index (Phi) is 6.67. The molecule has 0 spiro atoms. The minimum Gasteiger partial charge on any atom is -0.481 e. The normalized spacial score (nSPS) is 11.4. The van der Waals surface area contributed by atoms with E-state index in [4.69, 9.17) is 9.84 Å². The van der Waals surface area contributed by atoms with E-state index in [9.17, 15) is 13.2 Å². The van der Waals surface area contributed by atoms with Gasteiger partial charge in [-0.15, -0.1) is 0 Å². The van der Waals surface area contributed by atoms with Crippen LogP contribution in [0.5, 0.6) is 0 Å². The molecule has 0 aliphatic carbocycles. The van der Waals surface area contributed by atoms with Crippen molar-refractivity contribution in [1.82, 2.24) is 0 Å². The Morgan fingerprint density at radius 2 is 1.90 bits per heavy atom. The number of aryl methyl sites for hydroxylation is 1. The van der Waals surface area contributed by atoms with Crippen LogP contribution in [0.1, 0.15) is 25.3 Å². The van der Waals surface area contributed by atoms with Crippen molar-refractivity contribution in [3.63, 3.8) is 0 Å². The highest BCUT2D eigenvalue weighted by atomic mass is 32.2. The first-order valence-corrected chi connectivity index (χ1v) is 8.22. The maximum Gasteiger partial charge on any atom is 0.303 e. The molecule has 112 valence electrons. The zero-order chi connectivity index (χ0) is 15.0. The van der Waals surface area contributed by atoms with Crippen LogP contribution in [0, 0.1) is 0 Å². The Bertz CT molecular complexity index is 519. The van der Waals surface area contributed by atoms with Crippen LogP contribution in [-0.2, 0) is 25.8 Å². The van der Waals surface area contributed by atoms with Crippen molar-refractivity contribution < 1.29 is 23.1 Å². The lowest BCUT2D eigenvalue weighted by Crippen LogP contribution is -2.09. The summed E-state index contributed by atoms with van der Waals surface area (Å²) >= 11 is 0. The van der Waals surface area contributed by atoms with Crippen LogP contribution in [-0.4, -0.2) is 38.5 Å². The standard InChI is InChI=1S/C14H20O5S/c1-2-19-10-3-11-20(17,18)13-7-4-12(5-8-13)6-9-14(15)16/h4-5,7-8H,2-3,6,9-11H2,1H3,(H,15,16). The van der Waals surface area contributed by atoms with Gasteiger partial charge in [-0.1, -0.05) is 12.1 Å². The molecule has 6 heteroatoms. The van der Waals surface area contributed by atoms with Gasteiger partial charge in [0, 0.05) is 19.6 Å². The molecule has 1 aromatic carbocycles. The first-order valence-electron chi connectivity index (χ1n) is 6.57. The van der Waals surface area contributed by atoms with Gasteiger partial charge in [0.1, 0.15) is 0 Å². The summed E-state index contributed by atoms with van der Waals surface area (Å²) in [5.41, 5.74) is 0.820. The molecule has 0 aromatic heterocycles. The Morgan fingerprint density at radius 3 is 2.45 bits per heavy atom. The molecule has 0 heterocycles. The van der Waals surface area contributed by atoms with Crippen LogP contribution < -0.4 is 0 Å². The van der Waals surface area contributed by atoms with E-state index >= 15 is 0 Å². The van der Waals surface area contributed by atoms with E-state index in [2.05, 4.69) is 0 Å². The fourth-order valence-corrected chi connectivity index (χ4v) is 3.01. The predicted octanol–water partition coefficient (Wildman–Crippen LogP) is 1.90. The number of hydrogen-bond donors (Lipinski definition) is 1. The van der Waals surface area contributed by atoms with Crippen LogP contribution in [0.25, 0.3) is 0 Å². The van der Waals surface area contributed by atoms with Gasteiger partial charge in [0.15, 0.2) is 9.84 Å². The third kappa shape index (κ3) is 5.71. The average Bonchev–Trinajstić information content (AvgIpc) is 2.42. The predicted molar refractivity (Wildman–Crippen MR) is 75.6 cm³/mol. The van der Waals surface area contributed by atoms with Crippen LogP contribution in [0.2, 0.25) is 0 Å². The van der Waals surface area contributed by atoms with E-state index < -0.39 is 15.8 Å². The molecule has 0 unspecified atom stereocenters. The van der Waals surface area contributed by atoms with Crippen molar-refractivity contribution >= 4 is 15.8 Å². The number of carbonyl (C=O) groups is 1.